The lowest BCUT2D eigenvalue weighted by Crippen LogP contribution is -2.34. The number of hydrogen-bond acceptors (Lipinski definition) is 3. The third kappa shape index (κ3) is 6.40. The van der Waals surface area contributed by atoms with E-state index in [1.54, 1.807) is 4.90 Å². The van der Waals surface area contributed by atoms with Gasteiger partial charge in [0.25, 0.3) is 0 Å². The Labute approximate surface area is 137 Å². The third-order valence-corrected chi connectivity index (χ3v) is 4.19. The number of carbonyl (C=O) groups is 2. The number of amides is 1. The van der Waals surface area contributed by atoms with Gasteiger partial charge in [0.1, 0.15) is 0 Å². The second-order valence-electron chi connectivity index (χ2n) is 6.06. The van der Waals surface area contributed by atoms with E-state index >= 15 is 0 Å². The number of carbonyl (C=O) groups excluding carboxylic acids is 1. The predicted molar refractivity (Wildman–Crippen MR) is 86.9 cm³/mol. The molecular formula is C18H25NO4. The number of aliphatic carboxylic acids is 1. The van der Waals surface area contributed by atoms with Gasteiger partial charge in [0.2, 0.25) is 5.91 Å². The molecule has 1 aliphatic heterocycles. The van der Waals surface area contributed by atoms with Gasteiger partial charge in [0.15, 0.2) is 0 Å². The number of carboxylic acids is 1. The molecule has 1 heterocycles. The lowest BCUT2D eigenvalue weighted by molar-refractivity contribution is -0.138. The van der Waals surface area contributed by atoms with Crippen molar-refractivity contribution in [1.82, 2.24) is 4.90 Å². The predicted octanol–water partition coefficient (Wildman–Crippen LogP) is 2.70. The van der Waals surface area contributed by atoms with Crippen LogP contribution in [0.5, 0.6) is 0 Å². The molecule has 1 aromatic carbocycles. The number of nitrogens with zero attached hydrogens (tertiary/aromatic N) is 1. The minimum atomic E-state index is -0.818. The van der Waals surface area contributed by atoms with Crippen LogP contribution in [0.4, 0.5) is 0 Å². The Bertz CT molecular complexity index is 497. The van der Waals surface area contributed by atoms with E-state index in [9.17, 15) is 9.59 Å². The summed E-state index contributed by atoms with van der Waals surface area (Å²) >= 11 is 0. The molecule has 1 N–H and O–H groups in total. The zero-order valence-electron chi connectivity index (χ0n) is 13.4. The number of ether oxygens (including phenoxy) is 1. The van der Waals surface area contributed by atoms with Gasteiger partial charge < -0.3 is 14.7 Å². The zero-order valence-corrected chi connectivity index (χ0v) is 13.4. The van der Waals surface area contributed by atoms with Crippen LogP contribution in [0, 0.1) is 5.92 Å². The Hall–Kier alpha value is -1.88. The van der Waals surface area contributed by atoms with Crippen molar-refractivity contribution in [3.8, 4) is 0 Å². The van der Waals surface area contributed by atoms with Crippen molar-refractivity contribution < 1.29 is 19.4 Å². The van der Waals surface area contributed by atoms with E-state index in [-0.39, 0.29) is 12.3 Å². The minimum Gasteiger partial charge on any atom is -0.481 e. The van der Waals surface area contributed by atoms with Crippen molar-refractivity contribution in [3.05, 3.63) is 35.9 Å². The van der Waals surface area contributed by atoms with Crippen LogP contribution >= 0.6 is 0 Å². The Morgan fingerprint density at radius 1 is 1.17 bits per heavy atom. The highest BCUT2D eigenvalue weighted by molar-refractivity contribution is 5.76. The average Bonchev–Trinajstić information content (AvgIpc) is 2.55. The molecule has 1 amide bonds. The monoisotopic (exact) mass is 319 g/mol. The summed E-state index contributed by atoms with van der Waals surface area (Å²) < 4.78 is 5.34. The molecule has 0 radical (unpaired) electrons. The van der Waals surface area contributed by atoms with E-state index in [1.807, 2.05) is 30.3 Å². The molecule has 0 spiro atoms. The molecule has 5 nitrogen and oxygen atoms in total. The average molecular weight is 319 g/mol. The van der Waals surface area contributed by atoms with Gasteiger partial charge in [-0.2, -0.15) is 0 Å². The molecule has 0 aliphatic carbocycles. The van der Waals surface area contributed by atoms with Crippen molar-refractivity contribution in [2.45, 2.75) is 38.6 Å². The molecule has 0 aromatic heterocycles. The quantitative estimate of drug-likeness (QED) is 0.800. The maximum atomic E-state index is 12.6. The summed E-state index contributed by atoms with van der Waals surface area (Å²) in [5.74, 6) is -0.318. The maximum Gasteiger partial charge on any atom is 0.303 e. The molecule has 1 saturated heterocycles. The van der Waals surface area contributed by atoms with E-state index in [0.29, 0.717) is 31.8 Å². The first-order chi connectivity index (χ1) is 11.1. The second-order valence-corrected chi connectivity index (χ2v) is 6.06. The fourth-order valence-corrected chi connectivity index (χ4v) is 2.84. The van der Waals surface area contributed by atoms with Crippen molar-refractivity contribution >= 4 is 11.9 Å². The molecule has 0 bridgehead atoms. The molecule has 0 unspecified atom stereocenters. The van der Waals surface area contributed by atoms with E-state index in [1.165, 1.54) is 0 Å². The Morgan fingerprint density at radius 2 is 1.87 bits per heavy atom. The highest BCUT2D eigenvalue weighted by Gasteiger charge is 2.21. The Kier molecular flexibility index (Phi) is 7.07. The normalized spacial score (nSPS) is 15.3. The van der Waals surface area contributed by atoms with E-state index in [0.717, 1.165) is 31.6 Å². The summed E-state index contributed by atoms with van der Waals surface area (Å²) in [5, 5.41) is 8.80. The lowest BCUT2D eigenvalue weighted by Gasteiger charge is -2.27. The zero-order chi connectivity index (χ0) is 16.5. The standard InChI is InChI=1S/C18H25NO4/c20-17(13-15-8-11-23-12-9-15)19(10-4-7-18(21)22)14-16-5-2-1-3-6-16/h1-3,5-6,15H,4,7-14H2,(H,21,22). The van der Waals surface area contributed by atoms with Crippen LogP contribution in [0.3, 0.4) is 0 Å². The highest BCUT2D eigenvalue weighted by Crippen LogP contribution is 2.20. The molecule has 2 rings (SSSR count). The van der Waals surface area contributed by atoms with Gasteiger partial charge in [-0.15, -0.1) is 0 Å². The third-order valence-electron chi connectivity index (χ3n) is 4.19. The molecule has 1 aliphatic rings. The van der Waals surface area contributed by atoms with E-state index in [2.05, 4.69) is 0 Å². The molecule has 126 valence electrons. The van der Waals surface area contributed by atoms with Gasteiger partial charge in [0.05, 0.1) is 0 Å². The smallest absolute Gasteiger partial charge is 0.303 e. The Morgan fingerprint density at radius 3 is 2.52 bits per heavy atom. The molecule has 23 heavy (non-hydrogen) atoms. The number of hydrogen-bond donors (Lipinski definition) is 1. The summed E-state index contributed by atoms with van der Waals surface area (Å²) in [6, 6.07) is 9.83. The summed E-state index contributed by atoms with van der Waals surface area (Å²) in [6.45, 7) is 2.50. The first-order valence-corrected chi connectivity index (χ1v) is 8.26. The molecule has 0 atom stereocenters. The van der Waals surface area contributed by atoms with Crippen molar-refractivity contribution in [2.75, 3.05) is 19.8 Å². The van der Waals surface area contributed by atoms with Crippen molar-refractivity contribution in [2.24, 2.45) is 5.92 Å². The van der Waals surface area contributed by atoms with Gasteiger partial charge in [-0.25, -0.2) is 0 Å². The highest BCUT2D eigenvalue weighted by atomic mass is 16.5. The fourth-order valence-electron chi connectivity index (χ4n) is 2.84. The molecule has 1 aromatic rings. The van der Waals surface area contributed by atoms with Crippen LogP contribution in [0.2, 0.25) is 0 Å². The summed E-state index contributed by atoms with van der Waals surface area (Å²) in [6.07, 6.45) is 2.97. The van der Waals surface area contributed by atoms with Crippen LogP contribution in [0.1, 0.15) is 37.7 Å². The van der Waals surface area contributed by atoms with Crippen molar-refractivity contribution in [3.63, 3.8) is 0 Å². The molecule has 0 saturated carbocycles. The first-order valence-electron chi connectivity index (χ1n) is 8.26. The van der Waals surface area contributed by atoms with Gasteiger partial charge in [-0.3, -0.25) is 9.59 Å². The van der Waals surface area contributed by atoms with Gasteiger partial charge in [-0.1, -0.05) is 30.3 Å². The fraction of sp³-hybridized carbons (Fsp3) is 0.556. The topological polar surface area (TPSA) is 66.8 Å². The number of rotatable bonds is 8. The summed E-state index contributed by atoms with van der Waals surface area (Å²) in [5.41, 5.74) is 1.07. The van der Waals surface area contributed by atoms with Crippen LogP contribution in [-0.2, 0) is 20.9 Å². The lowest BCUT2D eigenvalue weighted by atomic mass is 9.96. The molecule has 1 fully saturated rings. The van der Waals surface area contributed by atoms with Crippen LogP contribution < -0.4 is 0 Å². The summed E-state index contributed by atoms with van der Waals surface area (Å²) in [4.78, 5) is 25.1. The maximum absolute atomic E-state index is 12.6. The molecule has 5 heteroatoms. The SMILES string of the molecule is O=C(O)CCCN(Cc1ccccc1)C(=O)CC1CCOCC1. The number of benzene rings is 1. The minimum absolute atomic E-state index is 0.0931. The van der Waals surface area contributed by atoms with Crippen LogP contribution in [0.15, 0.2) is 30.3 Å². The summed E-state index contributed by atoms with van der Waals surface area (Å²) in [7, 11) is 0. The van der Waals surface area contributed by atoms with Gasteiger partial charge in [0, 0.05) is 39.1 Å². The van der Waals surface area contributed by atoms with Crippen LogP contribution in [-0.4, -0.2) is 41.6 Å². The largest absolute Gasteiger partial charge is 0.481 e. The van der Waals surface area contributed by atoms with Gasteiger partial charge in [-0.05, 0) is 30.7 Å². The van der Waals surface area contributed by atoms with E-state index < -0.39 is 5.97 Å². The number of carboxylic acid groups (broad SMARTS) is 1. The first kappa shape index (κ1) is 17.5. The van der Waals surface area contributed by atoms with Gasteiger partial charge >= 0.3 is 5.97 Å². The Balaban J connectivity index is 1.93. The van der Waals surface area contributed by atoms with Crippen LogP contribution in [0.25, 0.3) is 0 Å². The van der Waals surface area contributed by atoms with Crippen molar-refractivity contribution in [1.29, 1.82) is 0 Å². The molecular weight excluding hydrogens is 294 g/mol. The van der Waals surface area contributed by atoms with E-state index in [4.69, 9.17) is 9.84 Å². The second kappa shape index (κ2) is 9.30.